The molecule has 2 aromatic rings. The number of pyridine rings is 1. The lowest BCUT2D eigenvalue weighted by atomic mass is 9.94. The van der Waals surface area contributed by atoms with Gasteiger partial charge in [-0.2, -0.15) is 10.4 Å². The average molecular weight is 349 g/mol. The van der Waals surface area contributed by atoms with Crippen molar-refractivity contribution in [3.8, 4) is 6.07 Å². The monoisotopic (exact) mass is 348 g/mol. The molecule has 3 heterocycles. The van der Waals surface area contributed by atoms with Crippen molar-refractivity contribution in [1.29, 1.82) is 5.26 Å². The number of nitrogens with zero attached hydrogens (tertiary/aromatic N) is 4. The first-order chi connectivity index (χ1) is 11.5. The maximum Gasteiger partial charge on any atom is 0.182 e. The quantitative estimate of drug-likeness (QED) is 0.768. The molecule has 1 saturated heterocycles. The Morgan fingerprint density at radius 3 is 2.92 bits per heavy atom. The maximum absolute atomic E-state index is 10.6. The molecule has 2 aromatic heterocycles. The Balaban J connectivity index is 1.70. The molecule has 1 fully saturated rings. The Morgan fingerprint density at radius 1 is 1.46 bits per heavy atom. The molecule has 8 nitrogen and oxygen atoms in total. The zero-order valence-corrected chi connectivity index (χ0v) is 13.9. The molecule has 1 aliphatic heterocycles. The number of aromatic nitrogens is 4. The predicted molar refractivity (Wildman–Crippen MR) is 86.4 cm³/mol. The van der Waals surface area contributed by atoms with Crippen LogP contribution in [0, 0.1) is 18.3 Å². The number of rotatable bonds is 4. The molecule has 0 radical (unpaired) electrons. The zero-order chi connectivity index (χ0) is 17.2. The van der Waals surface area contributed by atoms with Gasteiger partial charge in [0, 0.05) is 26.1 Å². The molecular weight excluding hydrogens is 332 g/mol. The van der Waals surface area contributed by atoms with Crippen molar-refractivity contribution in [2.24, 2.45) is 0 Å². The Labute approximate surface area is 143 Å². The Kier molecular flexibility index (Phi) is 4.66. The van der Waals surface area contributed by atoms with Crippen molar-refractivity contribution < 1.29 is 9.84 Å². The lowest BCUT2D eigenvalue weighted by molar-refractivity contribution is -0.0731. The third kappa shape index (κ3) is 3.33. The summed E-state index contributed by atoms with van der Waals surface area (Å²) in [7, 11) is 0. The van der Waals surface area contributed by atoms with Crippen LogP contribution >= 0.6 is 11.6 Å². The Morgan fingerprint density at radius 2 is 2.21 bits per heavy atom. The van der Waals surface area contributed by atoms with E-state index in [1.807, 2.05) is 6.07 Å². The summed E-state index contributed by atoms with van der Waals surface area (Å²) in [5, 5.41) is 29.9. The number of halogens is 1. The van der Waals surface area contributed by atoms with Crippen LogP contribution in [0.25, 0.3) is 0 Å². The number of anilines is 1. The number of nitrogens with one attached hydrogen (secondary N) is 2. The molecule has 0 bridgehead atoms. The van der Waals surface area contributed by atoms with Gasteiger partial charge in [0.25, 0.3) is 0 Å². The molecule has 0 amide bonds. The first-order valence-electron chi connectivity index (χ1n) is 7.55. The first-order valence-corrected chi connectivity index (χ1v) is 7.92. The topological polar surface area (TPSA) is 120 Å². The molecule has 0 unspecified atom stereocenters. The average Bonchev–Trinajstić information content (AvgIpc) is 3.06. The third-order valence-electron chi connectivity index (χ3n) is 3.98. The van der Waals surface area contributed by atoms with Crippen molar-refractivity contribution in [3.05, 3.63) is 34.0 Å². The van der Waals surface area contributed by atoms with E-state index in [0.29, 0.717) is 66.3 Å². The van der Waals surface area contributed by atoms with Crippen LogP contribution in [-0.4, -0.2) is 38.5 Å². The van der Waals surface area contributed by atoms with Crippen molar-refractivity contribution in [2.75, 3.05) is 18.5 Å². The van der Waals surface area contributed by atoms with E-state index in [1.165, 1.54) is 0 Å². The summed E-state index contributed by atoms with van der Waals surface area (Å²) in [5.74, 6) is 1.40. The summed E-state index contributed by atoms with van der Waals surface area (Å²) in [5.41, 5.74) is -0.0121. The van der Waals surface area contributed by atoms with Crippen LogP contribution in [-0.2, 0) is 16.9 Å². The fourth-order valence-electron chi connectivity index (χ4n) is 2.50. The molecule has 3 N–H and O–H groups in total. The minimum Gasteiger partial charge on any atom is -0.382 e. The highest BCUT2D eigenvalue weighted by atomic mass is 35.5. The number of aryl methyl sites for hydroxylation is 1. The third-order valence-corrected chi connectivity index (χ3v) is 4.27. The van der Waals surface area contributed by atoms with Gasteiger partial charge in [-0.3, -0.25) is 5.10 Å². The van der Waals surface area contributed by atoms with Gasteiger partial charge in [0.05, 0.1) is 22.8 Å². The van der Waals surface area contributed by atoms with Crippen molar-refractivity contribution in [3.63, 3.8) is 0 Å². The van der Waals surface area contributed by atoms with Crippen LogP contribution in [0.1, 0.15) is 35.7 Å². The van der Waals surface area contributed by atoms with E-state index in [4.69, 9.17) is 21.6 Å². The van der Waals surface area contributed by atoms with Gasteiger partial charge in [0.15, 0.2) is 5.82 Å². The van der Waals surface area contributed by atoms with E-state index in [2.05, 4.69) is 25.5 Å². The van der Waals surface area contributed by atoms with Crippen molar-refractivity contribution in [2.45, 2.75) is 31.9 Å². The molecule has 0 aromatic carbocycles. The Hall–Kier alpha value is -2.21. The molecule has 126 valence electrons. The number of hydrogen-bond donors (Lipinski definition) is 3. The standard InChI is InChI=1S/C15H17ClN6O2/c1-9-10(7-17)6-11(16)13(19-9)18-8-12-20-14(22-21-12)15(23)2-4-24-5-3-15/h6,23H,2-5,8H2,1H3,(H,18,19)(H,20,21,22). The van der Waals surface area contributed by atoms with Gasteiger partial charge >= 0.3 is 0 Å². The maximum atomic E-state index is 10.6. The van der Waals surface area contributed by atoms with Gasteiger partial charge in [-0.05, 0) is 13.0 Å². The molecule has 9 heteroatoms. The van der Waals surface area contributed by atoms with E-state index in [9.17, 15) is 5.11 Å². The van der Waals surface area contributed by atoms with Gasteiger partial charge in [0.2, 0.25) is 0 Å². The molecule has 0 aliphatic carbocycles. The molecule has 0 spiro atoms. The Bertz CT molecular complexity index is 779. The lowest BCUT2D eigenvalue weighted by Gasteiger charge is -2.28. The van der Waals surface area contributed by atoms with Crippen LogP contribution < -0.4 is 5.32 Å². The minimum atomic E-state index is -1.05. The second kappa shape index (κ2) is 6.73. The summed E-state index contributed by atoms with van der Waals surface area (Å²) in [6.07, 6.45) is 0.944. The van der Waals surface area contributed by atoms with E-state index in [1.54, 1.807) is 13.0 Å². The van der Waals surface area contributed by atoms with Crippen molar-refractivity contribution >= 4 is 17.4 Å². The smallest absolute Gasteiger partial charge is 0.182 e. The summed E-state index contributed by atoms with van der Waals surface area (Å²) in [6, 6.07) is 3.61. The number of H-pyrrole nitrogens is 1. The van der Waals surface area contributed by atoms with Gasteiger partial charge in [0.1, 0.15) is 23.3 Å². The second-order valence-corrected chi connectivity index (χ2v) is 6.07. The molecular formula is C15H17ClN6O2. The lowest BCUT2D eigenvalue weighted by Crippen LogP contribution is -2.34. The fourth-order valence-corrected chi connectivity index (χ4v) is 2.72. The summed E-state index contributed by atoms with van der Waals surface area (Å²) < 4.78 is 5.26. The van der Waals surface area contributed by atoms with E-state index in [0.717, 1.165) is 0 Å². The SMILES string of the molecule is Cc1nc(NCc2nc(C3(O)CCOCC3)n[nH]2)c(Cl)cc1C#N. The zero-order valence-electron chi connectivity index (χ0n) is 13.1. The van der Waals surface area contributed by atoms with Crippen LogP contribution in [0.4, 0.5) is 5.82 Å². The fraction of sp³-hybridized carbons (Fsp3) is 0.467. The van der Waals surface area contributed by atoms with E-state index in [-0.39, 0.29) is 0 Å². The number of aliphatic hydroxyl groups is 1. The van der Waals surface area contributed by atoms with Gasteiger partial charge in [-0.15, -0.1) is 0 Å². The molecule has 0 saturated carbocycles. The van der Waals surface area contributed by atoms with Crippen LogP contribution in [0.15, 0.2) is 6.07 Å². The number of nitriles is 1. The summed E-state index contributed by atoms with van der Waals surface area (Å²) in [4.78, 5) is 8.62. The number of hydrogen-bond acceptors (Lipinski definition) is 7. The van der Waals surface area contributed by atoms with Crippen LogP contribution in [0.2, 0.25) is 5.02 Å². The predicted octanol–water partition coefficient (Wildman–Crippen LogP) is 1.64. The highest BCUT2D eigenvalue weighted by molar-refractivity contribution is 6.33. The summed E-state index contributed by atoms with van der Waals surface area (Å²) in [6.45, 7) is 3.04. The summed E-state index contributed by atoms with van der Waals surface area (Å²) >= 11 is 6.12. The van der Waals surface area contributed by atoms with Crippen molar-refractivity contribution in [1.82, 2.24) is 20.2 Å². The first kappa shape index (κ1) is 16.6. The van der Waals surface area contributed by atoms with Gasteiger partial charge < -0.3 is 15.2 Å². The second-order valence-electron chi connectivity index (χ2n) is 5.67. The van der Waals surface area contributed by atoms with Crippen LogP contribution in [0.5, 0.6) is 0 Å². The molecule has 24 heavy (non-hydrogen) atoms. The molecule has 0 atom stereocenters. The molecule has 3 rings (SSSR count). The largest absolute Gasteiger partial charge is 0.382 e. The highest BCUT2D eigenvalue weighted by Crippen LogP contribution is 2.29. The van der Waals surface area contributed by atoms with E-state index < -0.39 is 5.60 Å². The van der Waals surface area contributed by atoms with E-state index >= 15 is 0 Å². The minimum absolute atomic E-state index is 0.317. The number of aromatic amines is 1. The molecule has 1 aliphatic rings. The van der Waals surface area contributed by atoms with Crippen LogP contribution in [0.3, 0.4) is 0 Å². The van der Waals surface area contributed by atoms with Gasteiger partial charge in [-0.1, -0.05) is 11.6 Å². The highest BCUT2D eigenvalue weighted by Gasteiger charge is 2.35. The van der Waals surface area contributed by atoms with Gasteiger partial charge in [-0.25, -0.2) is 9.97 Å². The normalized spacial score (nSPS) is 16.6. The number of ether oxygens (including phenoxy) is 1.